The quantitative estimate of drug-likeness (QED) is 0.663. The molecule has 0 aromatic rings. The van der Waals surface area contributed by atoms with Crippen molar-refractivity contribution in [1.29, 1.82) is 0 Å². The molecule has 0 aromatic carbocycles. The van der Waals surface area contributed by atoms with Gasteiger partial charge in [-0.2, -0.15) is 8.42 Å². The van der Waals surface area contributed by atoms with Gasteiger partial charge in [0.1, 0.15) is 0 Å². The van der Waals surface area contributed by atoms with E-state index in [1.165, 1.54) is 0 Å². The maximum atomic E-state index is 10.5. The van der Waals surface area contributed by atoms with Gasteiger partial charge in [0.2, 0.25) is 0 Å². The van der Waals surface area contributed by atoms with Crippen molar-refractivity contribution >= 4 is 10.1 Å². The molecule has 0 spiro atoms. The van der Waals surface area contributed by atoms with Gasteiger partial charge in [-0.15, -0.1) is 0 Å². The highest BCUT2D eigenvalue weighted by molar-refractivity contribution is 7.85. The molecule has 0 aromatic heterocycles. The Kier molecular flexibility index (Phi) is 6.31. The standard InChI is InChI=1S/C9H21NO3S/c1-4-10(5-2)9(3)7-6-8-14(11,12)13/h9H,4-8H2,1-3H3,(H,11,12,13). The highest BCUT2D eigenvalue weighted by Crippen LogP contribution is 2.06. The molecular weight excluding hydrogens is 202 g/mol. The van der Waals surface area contributed by atoms with Crippen LogP contribution in [0.2, 0.25) is 0 Å². The summed E-state index contributed by atoms with van der Waals surface area (Å²) in [5.41, 5.74) is 0. The van der Waals surface area contributed by atoms with Crippen LogP contribution in [-0.2, 0) is 10.1 Å². The molecule has 0 aliphatic rings. The van der Waals surface area contributed by atoms with Crippen LogP contribution in [0.15, 0.2) is 0 Å². The summed E-state index contributed by atoms with van der Waals surface area (Å²) in [7, 11) is -3.78. The molecule has 86 valence electrons. The minimum Gasteiger partial charge on any atom is -0.301 e. The van der Waals surface area contributed by atoms with Crippen molar-refractivity contribution < 1.29 is 13.0 Å². The largest absolute Gasteiger partial charge is 0.301 e. The van der Waals surface area contributed by atoms with Gasteiger partial charge >= 0.3 is 0 Å². The van der Waals surface area contributed by atoms with E-state index in [0.29, 0.717) is 12.5 Å². The molecule has 0 saturated carbocycles. The summed E-state index contributed by atoms with van der Waals surface area (Å²) in [4.78, 5) is 2.27. The van der Waals surface area contributed by atoms with Crippen molar-refractivity contribution in [2.24, 2.45) is 0 Å². The minimum absolute atomic E-state index is 0.126. The second kappa shape index (κ2) is 6.37. The zero-order valence-corrected chi connectivity index (χ0v) is 10.0. The van der Waals surface area contributed by atoms with Crippen molar-refractivity contribution in [3.8, 4) is 0 Å². The Morgan fingerprint density at radius 2 is 1.79 bits per heavy atom. The van der Waals surface area contributed by atoms with Crippen molar-refractivity contribution in [2.45, 2.75) is 39.7 Å². The lowest BCUT2D eigenvalue weighted by molar-refractivity contribution is 0.220. The molecule has 0 radical (unpaired) electrons. The topological polar surface area (TPSA) is 57.6 Å². The van der Waals surface area contributed by atoms with Crippen LogP contribution >= 0.6 is 0 Å². The molecule has 1 unspecified atom stereocenters. The lowest BCUT2D eigenvalue weighted by Crippen LogP contribution is -2.32. The molecule has 0 aliphatic heterocycles. The molecule has 0 amide bonds. The Labute approximate surface area is 87.0 Å². The smallest absolute Gasteiger partial charge is 0.264 e. The van der Waals surface area contributed by atoms with Gasteiger partial charge in [0.15, 0.2) is 0 Å². The zero-order chi connectivity index (χ0) is 11.2. The highest BCUT2D eigenvalue weighted by atomic mass is 32.2. The van der Waals surface area contributed by atoms with E-state index in [4.69, 9.17) is 4.55 Å². The fourth-order valence-corrected chi connectivity index (χ4v) is 2.12. The SMILES string of the molecule is CCN(CC)C(C)CCCS(=O)(=O)O. The number of hydrogen-bond acceptors (Lipinski definition) is 3. The van der Waals surface area contributed by atoms with E-state index in [1.807, 2.05) is 0 Å². The Morgan fingerprint density at radius 3 is 2.14 bits per heavy atom. The summed E-state index contributed by atoms with van der Waals surface area (Å²) in [5, 5.41) is 0. The van der Waals surface area contributed by atoms with E-state index < -0.39 is 10.1 Å². The molecule has 0 bridgehead atoms. The highest BCUT2D eigenvalue weighted by Gasteiger charge is 2.11. The first-order valence-electron chi connectivity index (χ1n) is 5.10. The third-order valence-electron chi connectivity index (χ3n) is 2.46. The lowest BCUT2D eigenvalue weighted by atomic mass is 10.1. The zero-order valence-electron chi connectivity index (χ0n) is 9.23. The Morgan fingerprint density at radius 1 is 1.29 bits per heavy atom. The molecule has 0 rings (SSSR count). The maximum absolute atomic E-state index is 10.5. The van der Waals surface area contributed by atoms with Crippen molar-refractivity contribution in [2.75, 3.05) is 18.8 Å². The van der Waals surface area contributed by atoms with Crippen LogP contribution in [0.4, 0.5) is 0 Å². The van der Waals surface area contributed by atoms with Crippen LogP contribution in [0.5, 0.6) is 0 Å². The lowest BCUT2D eigenvalue weighted by Gasteiger charge is -2.26. The van der Waals surface area contributed by atoms with Crippen LogP contribution in [0.25, 0.3) is 0 Å². The van der Waals surface area contributed by atoms with Crippen LogP contribution in [0.1, 0.15) is 33.6 Å². The molecule has 0 heterocycles. The van der Waals surface area contributed by atoms with Crippen molar-refractivity contribution in [1.82, 2.24) is 4.90 Å². The van der Waals surface area contributed by atoms with E-state index in [9.17, 15) is 8.42 Å². The van der Waals surface area contributed by atoms with E-state index >= 15 is 0 Å². The molecule has 5 heteroatoms. The van der Waals surface area contributed by atoms with Crippen LogP contribution in [0, 0.1) is 0 Å². The van der Waals surface area contributed by atoms with Gasteiger partial charge in [-0.25, -0.2) is 0 Å². The van der Waals surface area contributed by atoms with Gasteiger partial charge in [-0.05, 0) is 32.9 Å². The molecule has 0 saturated heterocycles. The molecule has 1 atom stereocenters. The van der Waals surface area contributed by atoms with Gasteiger partial charge in [0, 0.05) is 6.04 Å². The van der Waals surface area contributed by atoms with Crippen molar-refractivity contribution in [3.63, 3.8) is 0 Å². The van der Waals surface area contributed by atoms with Crippen LogP contribution in [0.3, 0.4) is 0 Å². The second-order valence-corrected chi connectivity index (χ2v) is 5.07. The van der Waals surface area contributed by atoms with Crippen molar-refractivity contribution in [3.05, 3.63) is 0 Å². The van der Waals surface area contributed by atoms with Gasteiger partial charge in [0.25, 0.3) is 10.1 Å². The normalized spacial score (nSPS) is 14.6. The average Bonchev–Trinajstić information content (AvgIpc) is 2.04. The molecule has 0 fully saturated rings. The summed E-state index contributed by atoms with van der Waals surface area (Å²) in [5.74, 6) is -0.126. The second-order valence-electron chi connectivity index (χ2n) is 3.50. The first-order chi connectivity index (χ1) is 6.40. The first kappa shape index (κ1) is 13.9. The third kappa shape index (κ3) is 6.34. The average molecular weight is 223 g/mol. The summed E-state index contributed by atoms with van der Waals surface area (Å²) in [6.45, 7) is 8.20. The summed E-state index contributed by atoms with van der Waals surface area (Å²) in [6.07, 6.45) is 1.33. The Balaban J connectivity index is 3.78. The van der Waals surface area contributed by atoms with E-state index in [0.717, 1.165) is 19.5 Å². The minimum atomic E-state index is -3.78. The molecular formula is C9H21NO3S. The predicted octanol–water partition coefficient (Wildman–Crippen LogP) is 1.38. The maximum Gasteiger partial charge on any atom is 0.264 e. The van der Waals surface area contributed by atoms with Gasteiger partial charge in [0.05, 0.1) is 5.75 Å². The van der Waals surface area contributed by atoms with Crippen LogP contribution < -0.4 is 0 Å². The van der Waals surface area contributed by atoms with Gasteiger partial charge in [-0.1, -0.05) is 13.8 Å². The molecule has 1 N–H and O–H groups in total. The van der Waals surface area contributed by atoms with Gasteiger partial charge < -0.3 is 4.90 Å². The number of rotatable bonds is 7. The van der Waals surface area contributed by atoms with E-state index in [-0.39, 0.29) is 5.75 Å². The molecule has 0 aliphatic carbocycles. The third-order valence-corrected chi connectivity index (χ3v) is 3.26. The molecule has 14 heavy (non-hydrogen) atoms. The fourth-order valence-electron chi connectivity index (χ4n) is 1.59. The summed E-state index contributed by atoms with van der Waals surface area (Å²) >= 11 is 0. The first-order valence-corrected chi connectivity index (χ1v) is 6.70. The summed E-state index contributed by atoms with van der Waals surface area (Å²) in [6, 6.07) is 0.381. The number of hydrogen-bond donors (Lipinski definition) is 1. The van der Waals surface area contributed by atoms with Crippen LogP contribution in [-0.4, -0.2) is 42.8 Å². The monoisotopic (exact) mass is 223 g/mol. The molecule has 4 nitrogen and oxygen atoms in total. The predicted molar refractivity (Wildman–Crippen MR) is 58.0 cm³/mol. The van der Waals surface area contributed by atoms with Gasteiger partial charge in [-0.3, -0.25) is 4.55 Å². The number of nitrogens with zero attached hydrogens (tertiary/aromatic N) is 1. The van der Waals surface area contributed by atoms with E-state index in [2.05, 4.69) is 25.7 Å². The Bertz CT molecular complexity index is 234. The summed E-state index contributed by atoms with van der Waals surface area (Å²) < 4.78 is 29.5. The fraction of sp³-hybridized carbons (Fsp3) is 1.00. The Hall–Kier alpha value is -0.130. The van der Waals surface area contributed by atoms with E-state index in [1.54, 1.807) is 0 Å².